The van der Waals surface area contributed by atoms with E-state index < -0.39 is 0 Å². The molecule has 0 spiro atoms. The standard InChI is InChI=1S/C12H22N2O2S/c1-4-13-5-6-14(12(16)11(13)15)7-10(8-17)9(2)3/h9-10,17H,4-8H2,1-3H3. The minimum atomic E-state index is -0.361. The van der Waals surface area contributed by atoms with Gasteiger partial charge >= 0.3 is 11.8 Å². The summed E-state index contributed by atoms with van der Waals surface area (Å²) >= 11 is 4.31. The molecule has 0 aliphatic carbocycles. The molecule has 4 nitrogen and oxygen atoms in total. The zero-order valence-electron chi connectivity index (χ0n) is 10.8. The van der Waals surface area contributed by atoms with E-state index in [0.717, 1.165) is 5.75 Å². The van der Waals surface area contributed by atoms with E-state index in [4.69, 9.17) is 0 Å². The summed E-state index contributed by atoms with van der Waals surface area (Å²) in [5.41, 5.74) is 0. The lowest BCUT2D eigenvalue weighted by molar-refractivity contribution is -0.156. The van der Waals surface area contributed by atoms with Gasteiger partial charge in [-0.2, -0.15) is 12.6 Å². The highest BCUT2D eigenvalue weighted by Crippen LogP contribution is 2.16. The van der Waals surface area contributed by atoms with Gasteiger partial charge in [-0.25, -0.2) is 0 Å². The summed E-state index contributed by atoms with van der Waals surface area (Å²) in [6.45, 7) is 8.69. The van der Waals surface area contributed by atoms with Gasteiger partial charge in [-0.15, -0.1) is 0 Å². The first kappa shape index (κ1) is 14.4. The van der Waals surface area contributed by atoms with Gasteiger partial charge in [0, 0.05) is 26.2 Å². The first-order valence-corrected chi connectivity index (χ1v) is 6.83. The lowest BCUT2D eigenvalue weighted by atomic mass is 9.97. The Balaban J connectivity index is 2.62. The third kappa shape index (κ3) is 3.37. The van der Waals surface area contributed by atoms with Crippen molar-refractivity contribution < 1.29 is 9.59 Å². The second-order valence-corrected chi connectivity index (χ2v) is 5.19. The Hall–Kier alpha value is -0.710. The summed E-state index contributed by atoms with van der Waals surface area (Å²) in [6, 6.07) is 0. The van der Waals surface area contributed by atoms with Crippen molar-refractivity contribution in [2.24, 2.45) is 11.8 Å². The molecule has 0 radical (unpaired) electrons. The van der Waals surface area contributed by atoms with Crippen LogP contribution in [0, 0.1) is 11.8 Å². The summed E-state index contributed by atoms with van der Waals surface area (Å²) in [4.78, 5) is 26.9. The predicted molar refractivity (Wildman–Crippen MR) is 71.0 cm³/mol. The Bertz CT molecular complexity index is 294. The molecule has 1 aliphatic heterocycles. The molecule has 1 aliphatic rings. The summed E-state index contributed by atoms with van der Waals surface area (Å²) in [7, 11) is 0. The number of rotatable bonds is 5. The fourth-order valence-electron chi connectivity index (χ4n) is 1.95. The van der Waals surface area contributed by atoms with Crippen molar-refractivity contribution >= 4 is 24.4 Å². The fraction of sp³-hybridized carbons (Fsp3) is 0.833. The van der Waals surface area contributed by atoms with Crippen LogP contribution in [0.15, 0.2) is 0 Å². The van der Waals surface area contributed by atoms with Gasteiger partial charge in [-0.05, 0) is 24.5 Å². The molecule has 5 heteroatoms. The molecule has 0 aromatic heterocycles. The van der Waals surface area contributed by atoms with Gasteiger partial charge in [-0.1, -0.05) is 13.8 Å². The Kier molecular flexibility index (Phi) is 5.31. The Morgan fingerprint density at radius 2 is 1.71 bits per heavy atom. The zero-order valence-corrected chi connectivity index (χ0v) is 11.7. The van der Waals surface area contributed by atoms with Crippen molar-refractivity contribution in [3.63, 3.8) is 0 Å². The smallest absolute Gasteiger partial charge is 0.312 e. The van der Waals surface area contributed by atoms with Crippen LogP contribution in [0.4, 0.5) is 0 Å². The average molecular weight is 258 g/mol. The van der Waals surface area contributed by atoms with Crippen LogP contribution in [0.3, 0.4) is 0 Å². The first-order valence-electron chi connectivity index (χ1n) is 6.20. The van der Waals surface area contributed by atoms with Crippen LogP contribution in [-0.4, -0.2) is 53.5 Å². The molecule has 1 saturated heterocycles. The molecule has 0 aromatic rings. The second-order valence-electron chi connectivity index (χ2n) is 4.82. The third-order valence-corrected chi connectivity index (χ3v) is 3.88. The van der Waals surface area contributed by atoms with Gasteiger partial charge in [0.15, 0.2) is 0 Å². The molecule has 0 saturated carbocycles. The highest BCUT2D eigenvalue weighted by molar-refractivity contribution is 7.80. The zero-order chi connectivity index (χ0) is 13.0. The molecule has 17 heavy (non-hydrogen) atoms. The number of thiol groups is 1. The molecular formula is C12H22N2O2S. The molecule has 1 atom stereocenters. The van der Waals surface area contributed by atoms with Crippen molar-refractivity contribution in [2.45, 2.75) is 20.8 Å². The maximum atomic E-state index is 11.9. The molecule has 1 heterocycles. The highest BCUT2D eigenvalue weighted by Gasteiger charge is 2.32. The van der Waals surface area contributed by atoms with E-state index in [1.165, 1.54) is 0 Å². The highest BCUT2D eigenvalue weighted by atomic mass is 32.1. The monoisotopic (exact) mass is 258 g/mol. The van der Waals surface area contributed by atoms with E-state index in [-0.39, 0.29) is 11.8 Å². The molecule has 1 unspecified atom stereocenters. The van der Waals surface area contributed by atoms with Crippen molar-refractivity contribution in [3.8, 4) is 0 Å². The predicted octanol–water partition coefficient (Wildman–Crippen LogP) is 0.879. The number of nitrogens with zero attached hydrogens (tertiary/aromatic N) is 2. The minimum Gasteiger partial charge on any atom is -0.333 e. The molecule has 0 aromatic carbocycles. The number of hydrogen-bond donors (Lipinski definition) is 1. The van der Waals surface area contributed by atoms with Crippen molar-refractivity contribution in [1.82, 2.24) is 9.80 Å². The van der Waals surface area contributed by atoms with Crippen molar-refractivity contribution in [3.05, 3.63) is 0 Å². The van der Waals surface area contributed by atoms with Crippen LogP contribution in [-0.2, 0) is 9.59 Å². The molecule has 1 rings (SSSR count). The van der Waals surface area contributed by atoms with E-state index in [1.54, 1.807) is 9.80 Å². The van der Waals surface area contributed by atoms with E-state index in [0.29, 0.717) is 38.0 Å². The summed E-state index contributed by atoms with van der Waals surface area (Å²) in [6.07, 6.45) is 0. The van der Waals surface area contributed by atoms with Gasteiger partial charge in [0.1, 0.15) is 0 Å². The Morgan fingerprint density at radius 3 is 2.18 bits per heavy atom. The maximum Gasteiger partial charge on any atom is 0.312 e. The van der Waals surface area contributed by atoms with E-state index >= 15 is 0 Å². The van der Waals surface area contributed by atoms with Crippen molar-refractivity contribution in [2.75, 3.05) is 31.9 Å². The van der Waals surface area contributed by atoms with E-state index in [9.17, 15) is 9.59 Å². The summed E-state index contributed by atoms with van der Waals surface area (Å²) < 4.78 is 0. The lowest BCUT2D eigenvalue weighted by Gasteiger charge is -2.35. The van der Waals surface area contributed by atoms with Crippen LogP contribution in [0.1, 0.15) is 20.8 Å². The molecule has 98 valence electrons. The third-order valence-electron chi connectivity index (χ3n) is 3.41. The van der Waals surface area contributed by atoms with Gasteiger partial charge < -0.3 is 9.80 Å². The van der Waals surface area contributed by atoms with Crippen LogP contribution >= 0.6 is 12.6 Å². The quantitative estimate of drug-likeness (QED) is 0.587. The SMILES string of the molecule is CCN1CCN(CC(CS)C(C)C)C(=O)C1=O. The maximum absolute atomic E-state index is 11.9. The second kappa shape index (κ2) is 6.28. The van der Waals surface area contributed by atoms with E-state index in [1.807, 2.05) is 6.92 Å². The fourth-order valence-corrected chi connectivity index (χ4v) is 2.49. The topological polar surface area (TPSA) is 40.6 Å². The molecule has 1 fully saturated rings. The Labute approximate surface area is 109 Å². The first-order chi connectivity index (χ1) is 8.01. The summed E-state index contributed by atoms with van der Waals surface area (Å²) in [5, 5.41) is 0. The number of carbonyl (C=O) groups excluding carboxylic acids is 2. The number of amides is 2. The van der Waals surface area contributed by atoms with Gasteiger partial charge in [0.05, 0.1) is 0 Å². The van der Waals surface area contributed by atoms with Crippen LogP contribution < -0.4 is 0 Å². The van der Waals surface area contributed by atoms with Gasteiger partial charge in [0.25, 0.3) is 0 Å². The molecule has 0 bridgehead atoms. The van der Waals surface area contributed by atoms with Crippen LogP contribution in [0.25, 0.3) is 0 Å². The van der Waals surface area contributed by atoms with E-state index in [2.05, 4.69) is 26.5 Å². The minimum absolute atomic E-state index is 0.350. The number of carbonyl (C=O) groups is 2. The van der Waals surface area contributed by atoms with Gasteiger partial charge in [0.2, 0.25) is 0 Å². The Morgan fingerprint density at radius 1 is 1.18 bits per heavy atom. The summed E-state index contributed by atoms with van der Waals surface area (Å²) in [5.74, 6) is 0.849. The van der Waals surface area contributed by atoms with Crippen LogP contribution in [0.2, 0.25) is 0 Å². The van der Waals surface area contributed by atoms with Gasteiger partial charge in [-0.3, -0.25) is 9.59 Å². The molecule has 2 amide bonds. The number of piperazine rings is 1. The number of likely N-dealkylation sites (N-methyl/N-ethyl adjacent to an activating group) is 1. The molecule has 0 N–H and O–H groups in total. The normalized spacial score (nSPS) is 19.1. The lowest BCUT2D eigenvalue weighted by Crippen LogP contribution is -2.55. The molecular weight excluding hydrogens is 236 g/mol. The van der Waals surface area contributed by atoms with Crippen LogP contribution in [0.5, 0.6) is 0 Å². The van der Waals surface area contributed by atoms with Crippen molar-refractivity contribution in [1.29, 1.82) is 0 Å². The largest absolute Gasteiger partial charge is 0.333 e. The average Bonchev–Trinajstić information content (AvgIpc) is 2.30. The number of hydrogen-bond acceptors (Lipinski definition) is 3.